The minimum atomic E-state index is 0.750. The lowest BCUT2D eigenvalue weighted by molar-refractivity contribution is 0.194. The molecule has 1 saturated heterocycles. The van der Waals surface area contributed by atoms with Gasteiger partial charge in [-0.1, -0.05) is 18.2 Å². The van der Waals surface area contributed by atoms with Gasteiger partial charge in [-0.3, -0.25) is 5.32 Å². The molecule has 0 amide bonds. The van der Waals surface area contributed by atoms with Crippen LogP contribution in [0.15, 0.2) is 30.3 Å². The predicted octanol–water partition coefficient (Wildman–Crippen LogP) is 0.832. The van der Waals surface area contributed by atoms with Crippen molar-refractivity contribution in [2.45, 2.75) is 0 Å². The van der Waals surface area contributed by atoms with Crippen LogP contribution in [-0.4, -0.2) is 19.9 Å². The second-order valence-corrected chi connectivity index (χ2v) is 2.46. The molecule has 1 fully saturated rings. The van der Waals surface area contributed by atoms with Crippen molar-refractivity contribution < 1.29 is 4.74 Å². The van der Waals surface area contributed by atoms with Crippen molar-refractivity contribution in [2.75, 3.05) is 25.6 Å². The fourth-order valence-electron chi connectivity index (χ4n) is 0.814. The number of nitrogens with one attached hydrogen (secondary N) is 1. The lowest BCUT2D eigenvalue weighted by Gasteiger charge is -1.83. The molecule has 1 aromatic rings. The summed E-state index contributed by atoms with van der Waals surface area (Å²) in [6.45, 7) is 2.67. The molecule has 12 heavy (non-hydrogen) atoms. The van der Waals surface area contributed by atoms with E-state index < -0.39 is 0 Å². The average Bonchev–Trinajstić information content (AvgIpc) is 2.62. The summed E-state index contributed by atoms with van der Waals surface area (Å²) in [7, 11) is 0. The van der Waals surface area contributed by atoms with Gasteiger partial charge in [-0.05, 0) is 12.1 Å². The van der Waals surface area contributed by atoms with Crippen LogP contribution in [0.5, 0.6) is 0 Å². The molecule has 0 aliphatic carbocycles. The van der Waals surface area contributed by atoms with Crippen LogP contribution in [0.25, 0.3) is 0 Å². The van der Waals surface area contributed by atoms with Gasteiger partial charge in [0.25, 0.3) is 0 Å². The predicted molar refractivity (Wildman–Crippen MR) is 49.7 cm³/mol. The van der Waals surface area contributed by atoms with Gasteiger partial charge in [0.2, 0.25) is 0 Å². The zero-order valence-corrected chi connectivity index (χ0v) is 6.99. The van der Waals surface area contributed by atoms with E-state index in [-0.39, 0.29) is 0 Å². The summed E-state index contributed by atoms with van der Waals surface area (Å²) in [5, 5.41) is 3.00. The van der Waals surface area contributed by atoms with Crippen LogP contribution in [0.3, 0.4) is 0 Å². The van der Waals surface area contributed by atoms with Crippen molar-refractivity contribution in [3.63, 3.8) is 0 Å². The minimum Gasteiger partial charge on any atom is -0.399 e. The zero-order chi connectivity index (χ0) is 8.65. The zero-order valence-electron chi connectivity index (χ0n) is 6.99. The summed E-state index contributed by atoms with van der Waals surface area (Å²) >= 11 is 0. The van der Waals surface area contributed by atoms with Gasteiger partial charge < -0.3 is 10.5 Å². The molecule has 0 radical (unpaired) electrons. The molecule has 3 nitrogen and oxygen atoms in total. The molecule has 1 aliphatic rings. The third-order valence-corrected chi connectivity index (χ3v) is 1.43. The van der Waals surface area contributed by atoms with Gasteiger partial charge in [0, 0.05) is 12.2 Å². The van der Waals surface area contributed by atoms with E-state index in [1.54, 1.807) is 0 Å². The molecule has 1 aliphatic heterocycles. The second-order valence-electron chi connectivity index (χ2n) is 2.46. The standard InChI is InChI=1S/C6H7N.C3H7NO/c7-6-4-2-1-3-5-6;1-2-5-3-4-1/h1-5H,7H2;4H,1-3H2. The molecule has 66 valence electrons. The number of rotatable bonds is 0. The van der Waals surface area contributed by atoms with Crippen LogP contribution in [0, 0.1) is 0 Å². The first kappa shape index (κ1) is 9.03. The third-order valence-electron chi connectivity index (χ3n) is 1.43. The molecule has 0 bridgehead atoms. The van der Waals surface area contributed by atoms with E-state index in [1.165, 1.54) is 0 Å². The molecule has 0 spiro atoms. The van der Waals surface area contributed by atoms with Gasteiger partial charge in [-0.15, -0.1) is 0 Å². The van der Waals surface area contributed by atoms with Crippen LogP contribution in [-0.2, 0) is 4.74 Å². The van der Waals surface area contributed by atoms with E-state index in [1.807, 2.05) is 30.3 Å². The Morgan fingerprint density at radius 2 is 2.00 bits per heavy atom. The minimum absolute atomic E-state index is 0.750. The van der Waals surface area contributed by atoms with Gasteiger partial charge in [0.1, 0.15) is 0 Å². The van der Waals surface area contributed by atoms with Crippen LogP contribution in [0.2, 0.25) is 0 Å². The Bertz CT molecular complexity index is 189. The molecule has 3 N–H and O–H groups in total. The molecule has 0 atom stereocenters. The van der Waals surface area contributed by atoms with Gasteiger partial charge in [0.05, 0.1) is 13.3 Å². The number of nitrogens with two attached hydrogens (primary N) is 1. The SMILES string of the molecule is C1COCN1.Nc1ccccc1. The highest BCUT2D eigenvalue weighted by molar-refractivity contribution is 5.35. The summed E-state index contributed by atoms with van der Waals surface area (Å²) in [5.74, 6) is 0. The van der Waals surface area contributed by atoms with Gasteiger partial charge in [-0.2, -0.15) is 0 Å². The summed E-state index contributed by atoms with van der Waals surface area (Å²) in [6.07, 6.45) is 0. The first-order valence-corrected chi connectivity index (χ1v) is 3.98. The van der Waals surface area contributed by atoms with Crippen molar-refractivity contribution in [3.8, 4) is 0 Å². The molecule has 0 unspecified atom stereocenters. The van der Waals surface area contributed by atoms with E-state index >= 15 is 0 Å². The van der Waals surface area contributed by atoms with Gasteiger partial charge in [-0.25, -0.2) is 0 Å². The van der Waals surface area contributed by atoms with E-state index in [4.69, 9.17) is 10.5 Å². The highest BCUT2D eigenvalue weighted by Gasteiger charge is 1.92. The maximum absolute atomic E-state index is 5.36. The van der Waals surface area contributed by atoms with Gasteiger partial charge in [0.15, 0.2) is 0 Å². The summed E-state index contributed by atoms with van der Waals surface area (Å²) in [4.78, 5) is 0. The van der Waals surface area contributed by atoms with Crippen molar-refractivity contribution in [1.29, 1.82) is 0 Å². The van der Waals surface area contributed by atoms with E-state index in [9.17, 15) is 0 Å². The van der Waals surface area contributed by atoms with E-state index in [2.05, 4.69) is 5.32 Å². The second kappa shape index (κ2) is 5.57. The fourth-order valence-corrected chi connectivity index (χ4v) is 0.814. The van der Waals surface area contributed by atoms with E-state index in [0.717, 1.165) is 25.6 Å². The highest BCUT2D eigenvalue weighted by atomic mass is 16.5. The summed E-state index contributed by atoms with van der Waals surface area (Å²) in [5.41, 5.74) is 6.18. The Morgan fingerprint density at radius 1 is 1.25 bits per heavy atom. The van der Waals surface area contributed by atoms with Crippen molar-refractivity contribution in [3.05, 3.63) is 30.3 Å². The Hall–Kier alpha value is -1.06. The largest absolute Gasteiger partial charge is 0.399 e. The Kier molecular flexibility index (Phi) is 4.19. The smallest absolute Gasteiger partial charge is 0.0966 e. The molecule has 0 saturated carbocycles. The summed E-state index contributed by atoms with van der Waals surface area (Å²) in [6, 6.07) is 9.49. The van der Waals surface area contributed by atoms with Crippen molar-refractivity contribution >= 4 is 5.69 Å². The first-order chi connectivity index (χ1) is 5.89. The van der Waals surface area contributed by atoms with Crippen molar-refractivity contribution in [2.24, 2.45) is 0 Å². The summed E-state index contributed by atoms with van der Waals surface area (Å²) < 4.78 is 4.83. The number of hydrogen-bond acceptors (Lipinski definition) is 3. The molecule has 1 heterocycles. The number of benzene rings is 1. The lowest BCUT2D eigenvalue weighted by atomic mass is 10.3. The maximum Gasteiger partial charge on any atom is 0.0966 e. The molecule has 0 aromatic heterocycles. The molecule has 3 heteroatoms. The normalized spacial score (nSPS) is 15.0. The van der Waals surface area contributed by atoms with Crippen molar-refractivity contribution in [1.82, 2.24) is 5.32 Å². The fraction of sp³-hybridized carbons (Fsp3) is 0.333. The third kappa shape index (κ3) is 3.95. The van der Waals surface area contributed by atoms with Gasteiger partial charge >= 0.3 is 0 Å². The first-order valence-electron chi connectivity index (χ1n) is 3.98. The van der Waals surface area contributed by atoms with E-state index in [0.29, 0.717) is 0 Å². The maximum atomic E-state index is 5.36. The lowest BCUT2D eigenvalue weighted by Crippen LogP contribution is -2.05. The highest BCUT2D eigenvalue weighted by Crippen LogP contribution is 1.95. The quantitative estimate of drug-likeness (QED) is 0.561. The van der Waals surface area contributed by atoms with Crippen LogP contribution in [0.4, 0.5) is 5.69 Å². The number of nitrogen functional groups attached to an aromatic ring is 1. The number of para-hydroxylation sites is 1. The molecule has 2 rings (SSSR count). The number of hydrogen-bond donors (Lipinski definition) is 2. The monoisotopic (exact) mass is 166 g/mol. The molecular weight excluding hydrogens is 152 g/mol. The Labute approximate surface area is 72.5 Å². The number of anilines is 1. The number of ether oxygens (including phenoxy) is 1. The Morgan fingerprint density at radius 3 is 2.25 bits per heavy atom. The van der Waals surface area contributed by atoms with Crippen LogP contribution >= 0.6 is 0 Å². The topological polar surface area (TPSA) is 47.3 Å². The molecular formula is C9H14N2O. The molecule has 1 aromatic carbocycles. The van der Waals surface area contributed by atoms with Crippen LogP contribution < -0.4 is 11.1 Å². The van der Waals surface area contributed by atoms with Crippen LogP contribution in [0.1, 0.15) is 0 Å². The Balaban J connectivity index is 0.000000127. The average molecular weight is 166 g/mol.